The molecular formula is C15H23NO2. The molecule has 0 aliphatic rings. The molecule has 0 radical (unpaired) electrons. The molecule has 0 aliphatic heterocycles. The molecule has 0 saturated heterocycles. The fraction of sp³-hybridized carbons (Fsp3) is 0.600. The Hall–Kier alpha value is -1.22. The molecule has 0 saturated carbocycles. The largest absolute Gasteiger partial charge is 0.386 e. The van der Waals surface area contributed by atoms with Gasteiger partial charge in [0.2, 0.25) is 0 Å². The van der Waals surface area contributed by atoms with E-state index in [-0.39, 0.29) is 5.92 Å². The quantitative estimate of drug-likeness (QED) is 0.795. The normalized spacial score (nSPS) is 12.3. The minimum atomic E-state index is -1.06. The molecular weight excluding hydrogens is 226 g/mol. The van der Waals surface area contributed by atoms with Crippen molar-refractivity contribution in [3.8, 4) is 0 Å². The van der Waals surface area contributed by atoms with Crippen LogP contribution in [0.1, 0.15) is 70.1 Å². The van der Waals surface area contributed by atoms with Crippen LogP contribution in [0.4, 0.5) is 5.69 Å². The predicted molar refractivity (Wildman–Crippen MR) is 75.3 cm³/mol. The smallest absolute Gasteiger partial charge is 0.117 e. The monoisotopic (exact) mass is 249 g/mol. The topological polar surface area (TPSA) is 49.7 Å². The second-order valence-electron chi connectivity index (χ2n) is 5.97. The molecule has 0 bridgehead atoms. The molecule has 1 aromatic rings. The first kappa shape index (κ1) is 14.8. The summed E-state index contributed by atoms with van der Waals surface area (Å²) >= 11 is 0. The van der Waals surface area contributed by atoms with Crippen LogP contribution in [0.15, 0.2) is 17.3 Å². The Labute approximate surface area is 109 Å². The van der Waals surface area contributed by atoms with Crippen molar-refractivity contribution in [2.45, 2.75) is 59.0 Å². The Morgan fingerprint density at radius 1 is 1.11 bits per heavy atom. The molecule has 0 heterocycles. The minimum Gasteiger partial charge on any atom is -0.386 e. The fourth-order valence-corrected chi connectivity index (χ4v) is 2.02. The van der Waals surface area contributed by atoms with Crippen molar-refractivity contribution in [1.82, 2.24) is 0 Å². The molecule has 1 rings (SSSR count). The van der Waals surface area contributed by atoms with Gasteiger partial charge in [0.05, 0.1) is 5.60 Å². The van der Waals surface area contributed by atoms with E-state index in [1.165, 1.54) is 0 Å². The number of benzene rings is 1. The number of rotatable bonds is 4. The van der Waals surface area contributed by atoms with E-state index in [0.29, 0.717) is 17.2 Å². The van der Waals surface area contributed by atoms with Crippen molar-refractivity contribution in [1.29, 1.82) is 0 Å². The minimum absolute atomic E-state index is 0.206. The average molecular weight is 249 g/mol. The zero-order valence-electron chi connectivity index (χ0n) is 12.1. The molecule has 0 atom stereocenters. The average Bonchev–Trinajstić information content (AvgIpc) is 2.25. The van der Waals surface area contributed by atoms with Crippen molar-refractivity contribution in [3.63, 3.8) is 0 Å². The van der Waals surface area contributed by atoms with Crippen molar-refractivity contribution >= 4 is 5.69 Å². The van der Waals surface area contributed by atoms with Gasteiger partial charge >= 0.3 is 0 Å². The highest BCUT2D eigenvalue weighted by atomic mass is 16.3. The number of hydrogen-bond acceptors (Lipinski definition) is 3. The lowest BCUT2D eigenvalue weighted by Gasteiger charge is -2.24. The van der Waals surface area contributed by atoms with Gasteiger partial charge in [0, 0.05) is 5.56 Å². The van der Waals surface area contributed by atoms with Gasteiger partial charge in [-0.05, 0) is 42.0 Å². The molecule has 18 heavy (non-hydrogen) atoms. The van der Waals surface area contributed by atoms with Gasteiger partial charge in [-0.15, -0.1) is 4.91 Å². The molecule has 0 amide bonds. The highest BCUT2D eigenvalue weighted by Gasteiger charge is 2.25. The first-order chi connectivity index (χ1) is 8.18. The van der Waals surface area contributed by atoms with Gasteiger partial charge in [0.15, 0.2) is 0 Å². The summed E-state index contributed by atoms with van der Waals surface area (Å²) in [5.41, 5.74) is 1.99. The molecule has 0 aromatic heterocycles. The van der Waals surface area contributed by atoms with E-state index in [1.54, 1.807) is 13.8 Å². The van der Waals surface area contributed by atoms with Crippen molar-refractivity contribution < 1.29 is 5.11 Å². The van der Waals surface area contributed by atoms with E-state index < -0.39 is 5.60 Å². The van der Waals surface area contributed by atoms with Gasteiger partial charge in [-0.1, -0.05) is 39.8 Å². The molecule has 0 fully saturated rings. The standard InChI is InChI=1S/C15H23NO2/c1-9(2)11-7-12(10(3)4)14(16-18)13(8-11)15(5,6)17/h7-10,17H,1-6H3. The predicted octanol–water partition coefficient (Wildman–Crippen LogP) is 4.56. The van der Waals surface area contributed by atoms with E-state index in [9.17, 15) is 10.0 Å². The maximum Gasteiger partial charge on any atom is 0.117 e. The van der Waals surface area contributed by atoms with Crippen LogP contribution >= 0.6 is 0 Å². The summed E-state index contributed by atoms with van der Waals surface area (Å²) in [5, 5.41) is 13.4. The number of aliphatic hydroxyl groups is 1. The van der Waals surface area contributed by atoms with Crippen LogP contribution in [-0.4, -0.2) is 5.11 Å². The van der Waals surface area contributed by atoms with Gasteiger partial charge in [-0.25, -0.2) is 0 Å². The molecule has 0 spiro atoms. The zero-order chi connectivity index (χ0) is 14.1. The summed E-state index contributed by atoms with van der Waals surface area (Å²) in [6.07, 6.45) is 0. The second kappa shape index (κ2) is 5.19. The number of nitrogens with zero attached hydrogens (tertiary/aromatic N) is 1. The lowest BCUT2D eigenvalue weighted by atomic mass is 9.86. The number of nitroso groups, excluding NO2 is 1. The van der Waals surface area contributed by atoms with E-state index in [1.807, 2.05) is 26.0 Å². The third-order valence-corrected chi connectivity index (χ3v) is 3.20. The highest BCUT2D eigenvalue weighted by Crippen LogP contribution is 2.38. The maximum atomic E-state index is 11.1. The third-order valence-electron chi connectivity index (χ3n) is 3.20. The molecule has 0 aliphatic carbocycles. The summed E-state index contributed by atoms with van der Waals surface area (Å²) in [5.74, 6) is 0.557. The number of hydrogen-bond donors (Lipinski definition) is 1. The van der Waals surface area contributed by atoms with Crippen LogP contribution in [0.25, 0.3) is 0 Å². The van der Waals surface area contributed by atoms with E-state index in [4.69, 9.17) is 0 Å². The Bertz CT molecular complexity index is 443. The van der Waals surface area contributed by atoms with E-state index >= 15 is 0 Å². The van der Waals surface area contributed by atoms with Crippen LogP contribution in [0.5, 0.6) is 0 Å². The zero-order valence-corrected chi connectivity index (χ0v) is 12.1. The molecule has 1 aromatic carbocycles. The second-order valence-corrected chi connectivity index (χ2v) is 5.97. The van der Waals surface area contributed by atoms with Crippen molar-refractivity contribution in [2.24, 2.45) is 5.18 Å². The Morgan fingerprint density at radius 2 is 1.67 bits per heavy atom. The van der Waals surface area contributed by atoms with Gasteiger partial charge < -0.3 is 5.11 Å². The summed E-state index contributed by atoms with van der Waals surface area (Å²) in [6, 6.07) is 3.93. The molecule has 0 unspecified atom stereocenters. The van der Waals surface area contributed by atoms with Crippen LogP contribution in [0.3, 0.4) is 0 Å². The fourth-order valence-electron chi connectivity index (χ4n) is 2.02. The lowest BCUT2D eigenvalue weighted by molar-refractivity contribution is 0.0790. The van der Waals surface area contributed by atoms with E-state index in [0.717, 1.165) is 11.1 Å². The van der Waals surface area contributed by atoms with Crippen LogP contribution < -0.4 is 0 Å². The van der Waals surface area contributed by atoms with Gasteiger partial charge in [0.25, 0.3) is 0 Å². The SMILES string of the molecule is CC(C)c1cc(C(C)C)c(N=O)c(C(C)(C)O)c1. The Balaban J connectivity index is 3.62. The van der Waals surface area contributed by atoms with Crippen LogP contribution in [-0.2, 0) is 5.60 Å². The molecule has 3 heteroatoms. The Kier molecular flexibility index (Phi) is 4.28. The molecule has 100 valence electrons. The molecule has 3 nitrogen and oxygen atoms in total. The summed E-state index contributed by atoms with van der Waals surface area (Å²) in [6.45, 7) is 11.6. The third kappa shape index (κ3) is 2.96. The highest BCUT2D eigenvalue weighted by molar-refractivity contribution is 5.58. The summed E-state index contributed by atoms with van der Waals surface area (Å²) < 4.78 is 0. The van der Waals surface area contributed by atoms with E-state index in [2.05, 4.69) is 19.0 Å². The van der Waals surface area contributed by atoms with Crippen LogP contribution in [0.2, 0.25) is 0 Å². The summed E-state index contributed by atoms with van der Waals surface area (Å²) in [7, 11) is 0. The molecule has 1 N–H and O–H groups in total. The maximum absolute atomic E-state index is 11.1. The summed E-state index contributed by atoms with van der Waals surface area (Å²) in [4.78, 5) is 11.1. The first-order valence-electron chi connectivity index (χ1n) is 6.42. The van der Waals surface area contributed by atoms with Gasteiger partial charge in [0.1, 0.15) is 5.69 Å². The van der Waals surface area contributed by atoms with Gasteiger partial charge in [-0.2, -0.15) is 0 Å². The first-order valence-corrected chi connectivity index (χ1v) is 6.42. The van der Waals surface area contributed by atoms with Gasteiger partial charge in [-0.3, -0.25) is 0 Å². The Morgan fingerprint density at radius 3 is 2.00 bits per heavy atom. The lowest BCUT2D eigenvalue weighted by Crippen LogP contribution is -2.17. The van der Waals surface area contributed by atoms with Crippen LogP contribution in [0, 0.1) is 4.91 Å². The van der Waals surface area contributed by atoms with Crippen molar-refractivity contribution in [2.75, 3.05) is 0 Å². The van der Waals surface area contributed by atoms with Crippen molar-refractivity contribution in [3.05, 3.63) is 33.7 Å².